The van der Waals surface area contributed by atoms with E-state index in [4.69, 9.17) is 4.74 Å². The van der Waals surface area contributed by atoms with Crippen LogP contribution >= 0.6 is 11.8 Å². The van der Waals surface area contributed by atoms with Gasteiger partial charge in [0.05, 0.1) is 0 Å². The molecule has 0 bridgehead atoms. The number of hydrogen-bond donors (Lipinski definition) is 0. The molecule has 2 aliphatic heterocycles. The van der Waals surface area contributed by atoms with Gasteiger partial charge in [-0.3, -0.25) is 0 Å². The molecule has 1 aromatic heterocycles. The lowest BCUT2D eigenvalue weighted by Gasteiger charge is -2.46. The lowest BCUT2D eigenvalue weighted by molar-refractivity contribution is -0.0517. The number of aromatic nitrogens is 1. The van der Waals surface area contributed by atoms with E-state index in [1.165, 1.54) is 30.1 Å². The minimum absolute atomic E-state index is 0.158. The number of ether oxygens (including phenoxy) is 1. The highest BCUT2D eigenvalue weighted by Crippen LogP contribution is 2.48. The van der Waals surface area contributed by atoms with Crippen LogP contribution in [0.25, 0.3) is 0 Å². The van der Waals surface area contributed by atoms with Crippen LogP contribution in [-0.4, -0.2) is 52.9 Å². The van der Waals surface area contributed by atoms with Gasteiger partial charge < -0.3 is 4.74 Å². The smallest absolute Gasteiger partial charge is 0.471 e. The zero-order valence-corrected chi connectivity index (χ0v) is 13.2. The molecule has 1 atom stereocenters. The van der Waals surface area contributed by atoms with Crippen LogP contribution in [0.15, 0.2) is 18.3 Å². The Morgan fingerprint density at radius 1 is 1.39 bits per heavy atom. The fourth-order valence-corrected chi connectivity index (χ4v) is 5.44. The number of hydrogen-bond acceptors (Lipinski definition) is 5. The fourth-order valence-electron chi connectivity index (χ4n) is 2.63. The van der Waals surface area contributed by atoms with E-state index in [1.807, 2.05) is 0 Å². The molecule has 0 aliphatic carbocycles. The Balaban J connectivity index is 1.61. The fraction of sp³-hybridized carbons (Fsp3) is 0.583. The molecule has 11 heteroatoms. The number of sulfonamides is 1. The van der Waals surface area contributed by atoms with Crippen LogP contribution in [0.3, 0.4) is 0 Å². The van der Waals surface area contributed by atoms with E-state index in [0.717, 1.165) is 0 Å². The zero-order chi connectivity index (χ0) is 16.9. The first-order valence-corrected chi connectivity index (χ1v) is 9.03. The third-order valence-electron chi connectivity index (χ3n) is 3.74. The minimum Gasteiger partial charge on any atom is -0.471 e. The summed E-state index contributed by atoms with van der Waals surface area (Å²) < 4.78 is 78.7. The van der Waals surface area contributed by atoms with Crippen molar-refractivity contribution in [2.24, 2.45) is 0 Å². The predicted octanol–water partition coefficient (Wildman–Crippen LogP) is 2.01. The average molecular weight is 372 g/mol. The Morgan fingerprint density at radius 3 is 2.70 bits per heavy atom. The molecule has 5 nitrogen and oxygen atoms in total. The van der Waals surface area contributed by atoms with Gasteiger partial charge in [-0.05, 0) is 12.1 Å². The van der Waals surface area contributed by atoms with E-state index in [-0.39, 0.29) is 19.0 Å². The SMILES string of the molecule is O=S(=O)(N1CC2(C[C@H](Oc3ncccc3F)CS2)C1)C(F)(F)F. The van der Waals surface area contributed by atoms with Gasteiger partial charge in [0.2, 0.25) is 0 Å². The van der Waals surface area contributed by atoms with Gasteiger partial charge in [-0.25, -0.2) is 17.8 Å². The summed E-state index contributed by atoms with van der Waals surface area (Å²) in [7, 11) is -5.28. The number of halogens is 4. The standard InChI is InChI=1S/C12H12F4N2O3S2/c13-9-2-1-3-17-10(9)21-8-4-11(22-5-8)6-18(7-11)23(19,20)12(14,15)16/h1-3,8H,4-7H2/t8-/m0/s1. The molecule has 1 spiro atoms. The van der Waals surface area contributed by atoms with E-state index in [2.05, 4.69) is 4.98 Å². The van der Waals surface area contributed by atoms with E-state index in [0.29, 0.717) is 16.5 Å². The number of nitrogens with zero attached hydrogens (tertiary/aromatic N) is 2. The van der Waals surface area contributed by atoms with Crippen molar-refractivity contribution in [1.29, 1.82) is 0 Å². The molecule has 2 saturated heterocycles. The van der Waals surface area contributed by atoms with Crippen molar-refractivity contribution in [1.82, 2.24) is 9.29 Å². The Kier molecular flexibility index (Phi) is 4.00. The number of alkyl halides is 3. The van der Waals surface area contributed by atoms with E-state index in [1.54, 1.807) is 0 Å². The molecule has 3 rings (SSSR count). The first kappa shape index (κ1) is 16.8. The second-order valence-corrected chi connectivity index (χ2v) is 8.86. The van der Waals surface area contributed by atoms with Gasteiger partial charge >= 0.3 is 15.5 Å². The van der Waals surface area contributed by atoms with Crippen LogP contribution in [0.1, 0.15) is 6.42 Å². The van der Waals surface area contributed by atoms with Crippen molar-refractivity contribution >= 4 is 21.8 Å². The Bertz CT molecular complexity index is 705. The van der Waals surface area contributed by atoms with Crippen LogP contribution < -0.4 is 4.74 Å². The van der Waals surface area contributed by atoms with Gasteiger partial charge in [-0.1, -0.05) is 0 Å². The maximum atomic E-state index is 13.5. The minimum atomic E-state index is -5.29. The average Bonchev–Trinajstić information content (AvgIpc) is 2.83. The molecule has 3 heterocycles. The summed E-state index contributed by atoms with van der Waals surface area (Å²) in [5, 5.41) is 0. The summed E-state index contributed by atoms with van der Waals surface area (Å²) in [6.45, 7) is -0.436. The number of pyridine rings is 1. The molecule has 128 valence electrons. The Morgan fingerprint density at radius 2 is 2.09 bits per heavy atom. The van der Waals surface area contributed by atoms with Crippen LogP contribution in [0, 0.1) is 5.82 Å². The number of rotatable bonds is 3. The molecule has 2 aliphatic rings. The monoisotopic (exact) mass is 372 g/mol. The van der Waals surface area contributed by atoms with Crippen molar-refractivity contribution in [3.63, 3.8) is 0 Å². The topological polar surface area (TPSA) is 59.5 Å². The van der Waals surface area contributed by atoms with E-state index >= 15 is 0 Å². The summed E-state index contributed by atoms with van der Waals surface area (Å²) >= 11 is 1.35. The van der Waals surface area contributed by atoms with Crippen molar-refractivity contribution in [3.8, 4) is 5.88 Å². The van der Waals surface area contributed by atoms with Crippen molar-refractivity contribution in [2.45, 2.75) is 22.8 Å². The second kappa shape index (κ2) is 5.49. The van der Waals surface area contributed by atoms with Gasteiger partial charge in [0, 0.05) is 36.2 Å². The molecular weight excluding hydrogens is 360 g/mol. The molecule has 0 unspecified atom stereocenters. The van der Waals surface area contributed by atoms with E-state index < -0.39 is 32.2 Å². The molecule has 0 saturated carbocycles. The van der Waals surface area contributed by atoms with Gasteiger partial charge in [0.15, 0.2) is 5.82 Å². The zero-order valence-electron chi connectivity index (χ0n) is 11.6. The van der Waals surface area contributed by atoms with Crippen molar-refractivity contribution in [2.75, 3.05) is 18.8 Å². The van der Waals surface area contributed by atoms with Crippen LogP contribution in [0.5, 0.6) is 5.88 Å². The van der Waals surface area contributed by atoms with Crippen LogP contribution in [-0.2, 0) is 10.0 Å². The molecule has 23 heavy (non-hydrogen) atoms. The lowest BCUT2D eigenvalue weighted by atomic mass is 9.95. The van der Waals surface area contributed by atoms with Crippen molar-refractivity contribution < 1.29 is 30.7 Å². The summed E-state index contributed by atoms with van der Waals surface area (Å²) in [5.74, 6) is -0.335. The van der Waals surface area contributed by atoms with Gasteiger partial charge in [0.1, 0.15) is 6.10 Å². The van der Waals surface area contributed by atoms with Gasteiger partial charge in [-0.2, -0.15) is 17.5 Å². The highest BCUT2D eigenvalue weighted by molar-refractivity contribution is 8.01. The first-order chi connectivity index (χ1) is 10.6. The quantitative estimate of drug-likeness (QED) is 0.760. The second-order valence-electron chi connectivity index (χ2n) is 5.45. The highest BCUT2D eigenvalue weighted by atomic mass is 32.2. The molecule has 0 amide bonds. The van der Waals surface area contributed by atoms with Gasteiger partial charge in [-0.15, -0.1) is 11.8 Å². The van der Waals surface area contributed by atoms with Crippen LogP contribution in [0.4, 0.5) is 17.6 Å². The maximum absolute atomic E-state index is 13.5. The Labute approximate surface area is 134 Å². The van der Waals surface area contributed by atoms with Crippen molar-refractivity contribution in [3.05, 3.63) is 24.1 Å². The first-order valence-electron chi connectivity index (χ1n) is 6.61. The summed E-state index contributed by atoms with van der Waals surface area (Å²) in [5.41, 5.74) is -5.29. The van der Waals surface area contributed by atoms with Gasteiger partial charge in [0.25, 0.3) is 5.88 Å². The third kappa shape index (κ3) is 3.01. The molecule has 0 aromatic carbocycles. The molecule has 0 N–H and O–H groups in total. The molecule has 1 aromatic rings. The highest BCUT2D eigenvalue weighted by Gasteiger charge is 2.60. The molecular formula is C12H12F4N2O3S2. The molecule has 0 radical (unpaired) electrons. The summed E-state index contributed by atoms with van der Waals surface area (Å²) in [6.07, 6.45) is 1.30. The van der Waals surface area contributed by atoms with E-state index in [9.17, 15) is 26.0 Å². The summed E-state index contributed by atoms with van der Waals surface area (Å²) in [6, 6.07) is 2.61. The largest absolute Gasteiger partial charge is 0.511 e. The lowest BCUT2D eigenvalue weighted by Crippen LogP contribution is -2.62. The number of thioether (sulfide) groups is 1. The normalized spacial score (nSPS) is 24.6. The molecule has 2 fully saturated rings. The predicted molar refractivity (Wildman–Crippen MR) is 75.0 cm³/mol. The van der Waals surface area contributed by atoms with Crippen LogP contribution in [0.2, 0.25) is 0 Å². The Hall–Kier alpha value is -1.07. The maximum Gasteiger partial charge on any atom is 0.511 e. The summed E-state index contributed by atoms with van der Waals surface area (Å²) in [4.78, 5) is 3.76. The third-order valence-corrected chi connectivity index (χ3v) is 6.84.